The van der Waals surface area contributed by atoms with Crippen LogP contribution in [0.25, 0.3) is 0 Å². The molecular formula is C17H19BrO2. The van der Waals surface area contributed by atoms with E-state index in [0.29, 0.717) is 12.5 Å². The Labute approximate surface area is 128 Å². The van der Waals surface area contributed by atoms with Gasteiger partial charge >= 0.3 is 0 Å². The van der Waals surface area contributed by atoms with Crippen LogP contribution < -0.4 is 9.47 Å². The zero-order valence-electron chi connectivity index (χ0n) is 12.0. The van der Waals surface area contributed by atoms with Gasteiger partial charge in [0.25, 0.3) is 0 Å². The normalized spacial score (nSPS) is 10.7. The van der Waals surface area contributed by atoms with Gasteiger partial charge in [-0.05, 0) is 41.8 Å². The third-order valence-electron chi connectivity index (χ3n) is 3.16. The molecule has 2 aromatic rings. The summed E-state index contributed by atoms with van der Waals surface area (Å²) in [5, 5.41) is 0. The Morgan fingerprint density at radius 2 is 1.90 bits per heavy atom. The van der Waals surface area contributed by atoms with E-state index in [9.17, 15) is 0 Å². The highest BCUT2D eigenvalue weighted by molar-refractivity contribution is 9.10. The molecule has 0 N–H and O–H groups in total. The van der Waals surface area contributed by atoms with Crippen molar-refractivity contribution in [3.8, 4) is 11.5 Å². The molecule has 2 aromatic carbocycles. The van der Waals surface area contributed by atoms with E-state index in [1.54, 1.807) is 7.11 Å². The van der Waals surface area contributed by atoms with Crippen molar-refractivity contribution in [2.75, 3.05) is 7.11 Å². The third kappa shape index (κ3) is 3.76. The Balaban J connectivity index is 2.12. The van der Waals surface area contributed by atoms with Crippen LogP contribution in [0.15, 0.2) is 46.9 Å². The fraction of sp³-hybridized carbons (Fsp3) is 0.294. The summed E-state index contributed by atoms with van der Waals surface area (Å²) in [6.45, 7) is 4.84. The SMILES string of the molecule is COc1ccc(Br)cc1COc1cccc(C(C)C)c1. The molecule has 0 spiro atoms. The maximum Gasteiger partial charge on any atom is 0.125 e. The number of hydrogen-bond acceptors (Lipinski definition) is 2. The van der Waals surface area contributed by atoms with Crippen LogP contribution in [0.2, 0.25) is 0 Å². The van der Waals surface area contributed by atoms with Gasteiger partial charge in [-0.25, -0.2) is 0 Å². The number of ether oxygens (including phenoxy) is 2. The van der Waals surface area contributed by atoms with E-state index in [0.717, 1.165) is 21.5 Å². The maximum atomic E-state index is 5.88. The predicted molar refractivity (Wildman–Crippen MR) is 85.6 cm³/mol. The van der Waals surface area contributed by atoms with Crippen LogP contribution in [-0.4, -0.2) is 7.11 Å². The summed E-state index contributed by atoms with van der Waals surface area (Å²) in [5.41, 5.74) is 2.31. The monoisotopic (exact) mass is 334 g/mol. The van der Waals surface area contributed by atoms with Gasteiger partial charge in [-0.15, -0.1) is 0 Å². The molecule has 2 rings (SSSR count). The number of halogens is 1. The lowest BCUT2D eigenvalue weighted by molar-refractivity contribution is 0.296. The van der Waals surface area contributed by atoms with Gasteiger partial charge in [0.1, 0.15) is 18.1 Å². The molecule has 106 valence electrons. The molecule has 0 aliphatic rings. The first-order chi connectivity index (χ1) is 9.60. The van der Waals surface area contributed by atoms with Crippen LogP contribution in [0.5, 0.6) is 11.5 Å². The van der Waals surface area contributed by atoms with Crippen molar-refractivity contribution >= 4 is 15.9 Å². The zero-order chi connectivity index (χ0) is 14.5. The summed E-state index contributed by atoms with van der Waals surface area (Å²) < 4.78 is 12.3. The van der Waals surface area contributed by atoms with Crippen molar-refractivity contribution in [3.05, 3.63) is 58.1 Å². The van der Waals surface area contributed by atoms with Gasteiger partial charge in [-0.3, -0.25) is 0 Å². The van der Waals surface area contributed by atoms with Crippen molar-refractivity contribution in [1.82, 2.24) is 0 Å². The average molecular weight is 335 g/mol. The smallest absolute Gasteiger partial charge is 0.125 e. The van der Waals surface area contributed by atoms with Crippen molar-refractivity contribution < 1.29 is 9.47 Å². The van der Waals surface area contributed by atoms with Crippen LogP contribution in [-0.2, 0) is 6.61 Å². The molecule has 0 bridgehead atoms. The molecule has 0 unspecified atom stereocenters. The predicted octanol–water partition coefficient (Wildman–Crippen LogP) is 5.16. The Kier molecular flexibility index (Phi) is 5.07. The molecule has 0 saturated heterocycles. The first-order valence-electron chi connectivity index (χ1n) is 6.65. The Morgan fingerprint density at radius 3 is 2.60 bits per heavy atom. The fourth-order valence-corrected chi connectivity index (χ4v) is 2.39. The Bertz CT molecular complexity index is 579. The van der Waals surface area contributed by atoms with E-state index < -0.39 is 0 Å². The summed E-state index contributed by atoms with van der Waals surface area (Å²) in [4.78, 5) is 0. The molecule has 0 heterocycles. The third-order valence-corrected chi connectivity index (χ3v) is 3.65. The molecule has 2 nitrogen and oxygen atoms in total. The molecule has 20 heavy (non-hydrogen) atoms. The zero-order valence-corrected chi connectivity index (χ0v) is 13.6. The highest BCUT2D eigenvalue weighted by atomic mass is 79.9. The highest BCUT2D eigenvalue weighted by Gasteiger charge is 2.06. The summed E-state index contributed by atoms with van der Waals surface area (Å²) in [7, 11) is 1.67. The molecule has 0 aromatic heterocycles. The van der Waals surface area contributed by atoms with Crippen LogP contribution in [0.4, 0.5) is 0 Å². The molecule has 0 radical (unpaired) electrons. The second-order valence-corrected chi connectivity index (χ2v) is 5.89. The van der Waals surface area contributed by atoms with Crippen LogP contribution in [0.3, 0.4) is 0 Å². The number of benzene rings is 2. The lowest BCUT2D eigenvalue weighted by Gasteiger charge is -2.12. The first kappa shape index (κ1) is 14.9. The number of methoxy groups -OCH3 is 1. The van der Waals surface area contributed by atoms with E-state index in [1.165, 1.54) is 5.56 Å². The van der Waals surface area contributed by atoms with E-state index in [-0.39, 0.29) is 0 Å². The Hall–Kier alpha value is -1.48. The minimum Gasteiger partial charge on any atom is -0.496 e. The van der Waals surface area contributed by atoms with Crippen molar-refractivity contribution in [2.24, 2.45) is 0 Å². The summed E-state index contributed by atoms with van der Waals surface area (Å²) in [6, 6.07) is 14.1. The van der Waals surface area contributed by atoms with E-state index in [2.05, 4.69) is 41.9 Å². The van der Waals surface area contributed by atoms with Gasteiger partial charge in [0.15, 0.2) is 0 Å². The van der Waals surface area contributed by atoms with Crippen molar-refractivity contribution in [3.63, 3.8) is 0 Å². The van der Waals surface area contributed by atoms with Crippen LogP contribution in [0, 0.1) is 0 Å². The number of rotatable bonds is 5. The molecule has 0 atom stereocenters. The van der Waals surface area contributed by atoms with Gasteiger partial charge in [-0.1, -0.05) is 41.9 Å². The molecule has 0 saturated carbocycles. The summed E-state index contributed by atoms with van der Waals surface area (Å²) in [5.74, 6) is 2.23. The second-order valence-electron chi connectivity index (χ2n) is 4.97. The van der Waals surface area contributed by atoms with Gasteiger partial charge in [0.2, 0.25) is 0 Å². The maximum absolute atomic E-state index is 5.88. The number of hydrogen-bond donors (Lipinski definition) is 0. The fourth-order valence-electron chi connectivity index (χ4n) is 1.98. The molecule has 0 aliphatic heterocycles. The lowest BCUT2D eigenvalue weighted by atomic mass is 10.0. The quantitative estimate of drug-likeness (QED) is 0.751. The van der Waals surface area contributed by atoms with E-state index in [1.807, 2.05) is 30.3 Å². The van der Waals surface area contributed by atoms with Gasteiger partial charge in [0, 0.05) is 10.0 Å². The second kappa shape index (κ2) is 6.80. The van der Waals surface area contributed by atoms with Gasteiger partial charge in [0.05, 0.1) is 7.11 Å². The van der Waals surface area contributed by atoms with Crippen molar-refractivity contribution in [2.45, 2.75) is 26.4 Å². The molecule has 0 fully saturated rings. The molecule has 3 heteroatoms. The van der Waals surface area contributed by atoms with Gasteiger partial charge < -0.3 is 9.47 Å². The van der Waals surface area contributed by atoms with Crippen LogP contribution >= 0.6 is 15.9 Å². The molecule has 0 aliphatic carbocycles. The Morgan fingerprint density at radius 1 is 1.10 bits per heavy atom. The average Bonchev–Trinajstić information content (AvgIpc) is 2.45. The largest absolute Gasteiger partial charge is 0.496 e. The van der Waals surface area contributed by atoms with Gasteiger partial charge in [-0.2, -0.15) is 0 Å². The van der Waals surface area contributed by atoms with E-state index >= 15 is 0 Å². The summed E-state index contributed by atoms with van der Waals surface area (Å²) >= 11 is 3.47. The molecule has 0 amide bonds. The highest BCUT2D eigenvalue weighted by Crippen LogP contribution is 2.25. The topological polar surface area (TPSA) is 18.5 Å². The van der Waals surface area contributed by atoms with Crippen LogP contribution in [0.1, 0.15) is 30.9 Å². The first-order valence-corrected chi connectivity index (χ1v) is 7.44. The van der Waals surface area contributed by atoms with E-state index in [4.69, 9.17) is 9.47 Å². The minimum atomic E-state index is 0.490. The lowest BCUT2D eigenvalue weighted by Crippen LogP contribution is -1.99. The minimum absolute atomic E-state index is 0.490. The summed E-state index contributed by atoms with van der Waals surface area (Å²) in [6.07, 6.45) is 0. The standard InChI is InChI=1S/C17H19BrO2/c1-12(2)13-5-4-6-16(10-13)20-11-14-9-15(18)7-8-17(14)19-3/h4-10,12H,11H2,1-3H3. The van der Waals surface area contributed by atoms with Crippen molar-refractivity contribution in [1.29, 1.82) is 0 Å². The molecular weight excluding hydrogens is 316 g/mol.